The van der Waals surface area contributed by atoms with Gasteiger partial charge in [0.15, 0.2) is 10.8 Å². The predicted octanol–water partition coefficient (Wildman–Crippen LogP) is 2.77. The lowest BCUT2D eigenvalue weighted by molar-refractivity contribution is -0.117. The lowest BCUT2D eigenvalue weighted by Crippen LogP contribution is -2.49. The molecule has 2 saturated heterocycles. The number of nitrogens with one attached hydrogen (secondary N) is 1. The molecule has 38 heavy (non-hydrogen) atoms. The van der Waals surface area contributed by atoms with Crippen LogP contribution in [0.5, 0.6) is 5.88 Å². The number of rotatable bonds is 8. The van der Waals surface area contributed by atoms with Gasteiger partial charge < -0.3 is 14.8 Å². The minimum Gasteiger partial charge on any atom is -0.471 e. The molecule has 198 valence electrons. The van der Waals surface area contributed by atoms with Crippen LogP contribution in [0.1, 0.15) is 19.3 Å². The quantitative estimate of drug-likeness (QED) is 0.350. The van der Waals surface area contributed by atoms with Crippen molar-refractivity contribution in [2.45, 2.75) is 41.5 Å². The van der Waals surface area contributed by atoms with Gasteiger partial charge in [-0.1, -0.05) is 11.3 Å². The zero-order valence-electron chi connectivity index (χ0n) is 20.8. The summed E-state index contributed by atoms with van der Waals surface area (Å²) in [5.41, 5.74) is 1.51. The van der Waals surface area contributed by atoms with Crippen LogP contribution in [0.4, 0.5) is 5.13 Å². The van der Waals surface area contributed by atoms with Crippen LogP contribution in [0.3, 0.4) is 0 Å². The van der Waals surface area contributed by atoms with E-state index in [1.54, 1.807) is 4.52 Å². The largest absolute Gasteiger partial charge is 0.471 e. The molecule has 2 aliphatic heterocycles. The Hall–Kier alpha value is -2.84. The number of carbonyl (C=O) groups is 1. The van der Waals surface area contributed by atoms with Gasteiger partial charge in [-0.25, -0.2) is 4.98 Å². The predicted molar refractivity (Wildman–Crippen MR) is 144 cm³/mol. The van der Waals surface area contributed by atoms with Crippen LogP contribution in [0, 0.1) is 0 Å². The highest BCUT2D eigenvalue weighted by molar-refractivity contribution is 7.99. The van der Waals surface area contributed by atoms with Gasteiger partial charge in [0.25, 0.3) is 0 Å². The highest BCUT2D eigenvalue weighted by atomic mass is 32.2. The first-order valence-corrected chi connectivity index (χ1v) is 14.6. The summed E-state index contributed by atoms with van der Waals surface area (Å²) in [6, 6.07) is 10.5. The number of amides is 1. The summed E-state index contributed by atoms with van der Waals surface area (Å²) in [4.78, 5) is 23.1. The second-order valence-corrected chi connectivity index (χ2v) is 11.9. The van der Waals surface area contributed by atoms with E-state index >= 15 is 0 Å². The number of benzene rings is 1. The van der Waals surface area contributed by atoms with Crippen molar-refractivity contribution < 1.29 is 14.3 Å². The molecule has 1 N–H and O–H groups in total. The van der Waals surface area contributed by atoms with Crippen molar-refractivity contribution in [2.24, 2.45) is 0 Å². The number of ether oxygens (including phenoxy) is 2. The summed E-state index contributed by atoms with van der Waals surface area (Å²) >= 11 is 2.95. The van der Waals surface area contributed by atoms with Crippen LogP contribution in [-0.4, -0.2) is 98.6 Å². The number of nitrogens with zero attached hydrogens (tertiary/aromatic N) is 7. The molecule has 13 heteroatoms. The maximum Gasteiger partial charge on any atom is 0.240 e. The number of fused-ring (bicyclic) bond motifs is 2. The Bertz CT molecular complexity index is 1460. The smallest absolute Gasteiger partial charge is 0.240 e. The van der Waals surface area contributed by atoms with Gasteiger partial charge in [-0.2, -0.15) is 4.52 Å². The van der Waals surface area contributed by atoms with Gasteiger partial charge in [-0.05, 0) is 48.9 Å². The number of anilines is 1. The molecule has 0 radical (unpaired) electrons. The Morgan fingerprint density at radius 3 is 2.84 bits per heavy atom. The van der Waals surface area contributed by atoms with Crippen LogP contribution >= 0.6 is 23.1 Å². The van der Waals surface area contributed by atoms with E-state index in [-0.39, 0.29) is 12.0 Å². The summed E-state index contributed by atoms with van der Waals surface area (Å²) in [5.74, 6) is 0.513. The van der Waals surface area contributed by atoms with Crippen LogP contribution in [-0.2, 0) is 9.53 Å². The van der Waals surface area contributed by atoms with Crippen LogP contribution in [0.15, 0.2) is 40.4 Å². The fraction of sp³-hybridized carbons (Fsp3) is 0.480. The molecule has 1 saturated carbocycles. The maximum atomic E-state index is 12.7. The molecule has 0 spiro atoms. The Kier molecular flexibility index (Phi) is 6.61. The normalized spacial score (nSPS) is 20.9. The molecule has 7 rings (SSSR count). The fourth-order valence-corrected chi connectivity index (χ4v) is 6.69. The molecule has 3 aliphatic rings. The highest BCUT2D eigenvalue weighted by Crippen LogP contribution is 2.33. The first-order valence-electron chi connectivity index (χ1n) is 13.0. The van der Waals surface area contributed by atoms with Gasteiger partial charge in [-0.15, -0.1) is 15.3 Å². The Morgan fingerprint density at radius 1 is 1.13 bits per heavy atom. The molecule has 1 atom stereocenters. The van der Waals surface area contributed by atoms with Gasteiger partial charge >= 0.3 is 0 Å². The van der Waals surface area contributed by atoms with Gasteiger partial charge in [0, 0.05) is 49.6 Å². The molecule has 1 aromatic carbocycles. The van der Waals surface area contributed by atoms with E-state index in [0.717, 1.165) is 53.8 Å². The van der Waals surface area contributed by atoms with E-state index in [0.29, 0.717) is 41.6 Å². The first-order chi connectivity index (χ1) is 18.7. The average Bonchev–Trinajstić information content (AvgIpc) is 3.29. The molecule has 11 nitrogen and oxygen atoms in total. The van der Waals surface area contributed by atoms with Gasteiger partial charge in [-0.3, -0.25) is 14.6 Å². The molecule has 4 aromatic rings. The molecule has 1 unspecified atom stereocenters. The topological polar surface area (TPSA) is 110 Å². The van der Waals surface area contributed by atoms with E-state index in [4.69, 9.17) is 9.47 Å². The van der Waals surface area contributed by atoms with E-state index in [1.165, 1.54) is 35.9 Å². The molecule has 0 bridgehead atoms. The third kappa shape index (κ3) is 5.34. The number of hydrogen-bond acceptors (Lipinski definition) is 11. The molecule has 3 fully saturated rings. The van der Waals surface area contributed by atoms with Crippen LogP contribution in [0.2, 0.25) is 0 Å². The average molecular weight is 553 g/mol. The number of thiazole rings is 1. The van der Waals surface area contributed by atoms with Crippen molar-refractivity contribution in [3.8, 4) is 5.88 Å². The summed E-state index contributed by atoms with van der Waals surface area (Å²) in [6.45, 7) is 5.70. The van der Waals surface area contributed by atoms with Crippen molar-refractivity contribution in [3.63, 3.8) is 0 Å². The van der Waals surface area contributed by atoms with Crippen molar-refractivity contribution in [1.29, 1.82) is 0 Å². The monoisotopic (exact) mass is 552 g/mol. The molecular weight excluding hydrogens is 524 g/mol. The summed E-state index contributed by atoms with van der Waals surface area (Å²) in [6.07, 6.45) is 3.54. The first kappa shape index (κ1) is 24.2. The molecule has 3 aromatic heterocycles. The van der Waals surface area contributed by atoms with Crippen LogP contribution in [0.25, 0.3) is 15.9 Å². The number of aromatic nitrogens is 5. The molecule has 5 heterocycles. The molecule has 1 amide bonds. The van der Waals surface area contributed by atoms with Crippen molar-refractivity contribution in [3.05, 3.63) is 30.3 Å². The minimum atomic E-state index is -0.0123. The third-order valence-electron chi connectivity index (χ3n) is 7.04. The van der Waals surface area contributed by atoms with E-state index < -0.39 is 0 Å². The minimum absolute atomic E-state index is 0.0123. The van der Waals surface area contributed by atoms with E-state index in [1.807, 2.05) is 24.3 Å². The Labute approximate surface area is 227 Å². The number of carbonyl (C=O) groups excluding carboxylic acids is 1. The Balaban J connectivity index is 1.000. The van der Waals surface area contributed by atoms with Crippen molar-refractivity contribution in [2.75, 3.05) is 51.3 Å². The Morgan fingerprint density at radius 2 is 2.03 bits per heavy atom. The lowest BCUT2D eigenvalue weighted by Gasteiger charge is -2.34. The number of piperazine rings is 1. The van der Waals surface area contributed by atoms with Gasteiger partial charge in [0.1, 0.15) is 6.10 Å². The van der Waals surface area contributed by atoms with E-state index in [9.17, 15) is 4.79 Å². The van der Waals surface area contributed by atoms with Crippen molar-refractivity contribution >= 4 is 50.0 Å². The molecular formula is C25H28N8O3S2. The summed E-state index contributed by atoms with van der Waals surface area (Å²) < 4.78 is 14.0. The summed E-state index contributed by atoms with van der Waals surface area (Å²) in [7, 11) is 0. The standard InChI is InChI=1S/C25H28N8O3S2/c34-22(14-31-8-10-32(11-9-31)16-1-2-16)27-24-26-19-4-3-18(13-20(19)38-24)37-25-29-28-21-5-6-23(30-33(21)25)36-17-7-12-35-15-17/h3-6,13,16-17H,1-2,7-12,14-15H2,(H,26,27,34). The molecule has 1 aliphatic carbocycles. The van der Waals surface area contributed by atoms with E-state index in [2.05, 4.69) is 41.5 Å². The van der Waals surface area contributed by atoms with Gasteiger partial charge in [0.2, 0.25) is 16.9 Å². The summed E-state index contributed by atoms with van der Waals surface area (Å²) in [5, 5.41) is 17.4. The highest BCUT2D eigenvalue weighted by Gasteiger charge is 2.31. The SMILES string of the molecule is O=C(CN1CCN(C2CC2)CC1)Nc1nc2ccc(Sc3nnc4ccc(OC5CCOC5)nn34)cc2s1. The van der Waals surface area contributed by atoms with Crippen molar-refractivity contribution in [1.82, 2.24) is 34.6 Å². The lowest BCUT2D eigenvalue weighted by atomic mass is 10.3. The second-order valence-electron chi connectivity index (χ2n) is 9.87. The zero-order chi connectivity index (χ0) is 25.5. The maximum absolute atomic E-state index is 12.7. The van der Waals surface area contributed by atoms with Gasteiger partial charge in [0.05, 0.1) is 30.0 Å². The number of hydrogen-bond donors (Lipinski definition) is 1. The van der Waals surface area contributed by atoms with Crippen LogP contribution < -0.4 is 10.1 Å². The fourth-order valence-electron chi connectivity index (χ4n) is 4.87. The zero-order valence-corrected chi connectivity index (χ0v) is 22.4. The third-order valence-corrected chi connectivity index (χ3v) is 8.90. The second kappa shape index (κ2) is 10.4.